The van der Waals surface area contributed by atoms with Gasteiger partial charge in [0.1, 0.15) is 22.8 Å². The number of carbonyl (C=O) groups excluding carboxylic acids is 3. The van der Waals surface area contributed by atoms with Crippen LogP contribution in [0.15, 0.2) is 23.0 Å². The highest BCUT2D eigenvalue weighted by Crippen LogP contribution is 2.54. The molecule has 4 aliphatic carbocycles. The SMILES string of the molecule is CN(C)[C@@H]1C(=O)C(C(N)=O)=C(O)[C@@]2(O)C(=O)C3=C(O)c4c(O)cc(CN(C)C5(C)CCC5)c(Cl)c4C[C@H]3C[C@@H]12. The summed E-state index contributed by atoms with van der Waals surface area (Å²) in [7, 11) is 5.13. The van der Waals surface area contributed by atoms with Crippen LogP contribution in [0, 0.1) is 11.8 Å². The third kappa shape index (κ3) is 3.76. The van der Waals surface area contributed by atoms with E-state index in [0.29, 0.717) is 22.7 Å². The number of benzene rings is 1. The number of carbonyl (C=O) groups is 3. The van der Waals surface area contributed by atoms with E-state index in [1.807, 2.05) is 7.05 Å². The molecule has 4 atom stereocenters. The number of primary amides is 1. The molecule has 2 fully saturated rings. The van der Waals surface area contributed by atoms with Crippen molar-refractivity contribution < 1.29 is 34.8 Å². The average molecular weight is 560 g/mol. The summed E-state index contributed by atoms with van der Waals surface area (Å²) in [5.41, 5.74) is 2.86. The van der Waals surface area contributed by atoms with Crippen molar-refractivity contribution >= 4 is 34.8 Å². The Balaban J connectivity index is 1.63. The van der Waals surface area contributed by atoms with E-state index in [-0.39, 0.29) is 35.3 Å². The Morgan fingerprint density at radius 1 is 1.18 bits per heavy atom. The van der Waals surface area contributed by atoms with Crippen molar-refractivity contribution in [3.05, 3.63) is 44.7 Å². The van der Waals surface area contributed by atoms with Crippen LogP contribution in [0.25, 0.3) is 5.76 Å². The van der Waals surface area contributed by atoms with Gasteiger partial charge in [0.05, 0.1) is 11.6 Å². The third-order valence-electron chi connectivity index (χ3n) is 9.49. The lowest BCUT2D eigenvalue weighted by molar-refractivity contribution is -0.153. The second-order valence-corrected chi connectivity index (χ2v) is 12.3. The summed E-state index contributed by atoms with van der Waals surface area (Å²) in [6.45, 7) is 2.66. The number of likely N-dealkylation sites (N-methyl/N-ethyl adjacent to an activating group) is 1. The molecular weight excluding hydrogens is 526 g/mol. The van der Waals surface area contributed by atoms with Crippen molar-refractivity contribution in [3.63, 3.8) is 0 Å². The molecule has 0 spiro atoms. The molecule has 0 aliphatic heterocycles. The number of Topliss-reactive ketones (excluding diaryl/α,β-unsaturated/α-hetero) is 2. The first-order valence-electron chi connectivity index (χ1n) is 13.0. The smallest absolute Gasteiger partial charge is 0.255 e. The zero-order valence-corrected chi connectivity index (χ0v) is 23.2. The molecule has 0 bridgehead atoms. The van der Waals surface area contributed by atoms with Crippen LogP contribution in [0.2, 0.25) is 5.02 Å². The largest absolute Gasteiger partial charge is 0.508 e. The van der Waals surface area contributed by atoms with E-state index in [2.05, 4.69) is 11.8 Å². The molecule has 11 heteroatoms. The summed E-state index contributed by atoms with van der Waals surface area (Å²) in [5.74, 6) is -6.80. The fourth-order valence-corrected chi connectivity index (χ4v) is 7.26. The summed E-state index contributed by atoms with van der Waals surface area (Å²) in [6.07, 6.45) is 3.45. The Hall–Kier alpha value is -2.92. The van der Waals surface area contributed by atoms with Crippen LogP contribution in [-0.4, -0.2) is 86.0 Å². The molecule has 1 aromatic carbocycles. The van der Waals surface area contributed by atoms with E-state index in [1.54, 1.807) is 14.1 Å². The van der Waals surface area contributed by atoms with Crippen LogP contribution in [-0.2, 0) is 27.3 Å². The minimum Gasteiger partial charge on any atom is -0.508 e. The summed E-state index contributed by atoms with van der Waals surface area (Å²) in [6, 6.07) is 0.348. The van der Waals surface area contributed by atoms with Gasteiger partial charge in [0.25, 0.3) is 5.91 Å². The molecular formula is C28H34ClN3O7. The number of hydrogen-bond donors (Lipinski definition) is 5. The van der Waals surface area contributed by atoms with Gasteiger partial charge in [-0.05, 0) is 83.3 Å². The van der Waals surface area contributed by atoms with E-state index in [1.165, 1.54) is 11.0 Å². The Labute approximate surface area is 231 Å². The third-order valence-corrected chi connectivity index (χ3v) is 9.96. The van der Waals surface area contributed by atoms with Crippen LogP contribution in [0.5, 0.6) is 5.75 Å². The maximum Gasteiger partial charge on any atom is 0.255 e. The van der Waals surface area contributed by atoms with Gasteiger partial charge in [-0.3, -0.25) is 24.2 Å². The molecule has 6 N–H and O–H groups in total. The predicted molar refractivity (Wildman–Crippen MR) is 143 cm³/mol. The molecule has 10 nitrogen and oxygen atoms in total. The lowest BCUT2D eigenvalue weighted by Gasteiger charge is -2.50. The molecule has 0 saturated heterocycles. The lowest BCUT2D eigenvalue weighted by atomic mass is 9.57. The highest BCUT2D eigenvalue weighted by Gasteiger charge is 2.64. The summed E-state index contributed by atoms with van der Waals surface area (Å²) in [4.78, 5) is 42.8. The second-order valence-electron chi connectivity index (χ2n) is 11.9. The molecule has 0 heterocycles. The van der Waals surface area contributed by atoms with Crippen molar-refractivity contribution in [1.29, 1.82) is 0 Å². The molecule has 1 aromatic rings. The van der Waals surface area contributed by atoms with Crippen molar-refractivity contribution in [2.24, 2.45) is 17.6 Å². The molecule has 39 heavy (non-hydrogen) atoms. The Morgan fingerprint density at radius 3 is 2.36 bits per heavy atom. The summed E-state index contributed by atoms with van der Waals surface area (Å²) >= 11 is 6.86. The number of aliphatic hydroxyl groups excluding tert-OH is 2. The van der Waals surface area contributed by atoms with Crippen LogP contribution in [0.3, 0.4) is 0 Å². The highest BCUT2D eigenvalue weighted by molar-refractivity contribution is 6.32. The molecule has 0 radical (unpaired) electrons. The number of amides is 1. The van der Waals surface area contributed by atoms with Crippen molar-refractivity contribution in [2.75, 3.05) is 21.1 Å². The maximum atomic E-state index is 13.9. The second kappa shape index (κ2) is 9.05. The van der Waals surface area contributed by atoms with Gasteiger partial charge in [-0.2, -0.15) is 0 Å². The van der Waals surface area contributed by atoms with Crippen molar-refractivity contribution in [2.45, 2.75) is 62.8 Å². The van der Waals surface area contributed by atoms with Crippen molar-refractivity contribution in [3.8, 4) is 5.75 Å². The van der Waals surface area contributed by atoms with Crippen LogP contribution >= 0.6 is 11.6 Å². The molecule has 5 rings (SSSR count). The Morgan fingerprint density at radius 2 is 1.82 bits per heavy atom. The number of aromatic hydroxyl groups is 1. The van der Waals surface area contributed by atoms with Gasteiger partial charge in [-0.25, -0.2) is 0 Å². The Kier molecular flexibility index (Phi) is 6.42. The summed E-state index contributed by atoms with van der Waals surface area (Å²) < 4.78 is 0. The van der Waals surface area contributed by atoms with Gasteiger partial charge in [0.15, 0.2) is 11.4 Å². The number of halogens is 1. The van der Waals surface area contributed by atoms with E-state index >= 15 is 0 Å². The van der Waals surface area contributed by atoms with E-state index in [4.69, 9.17) is 17.3 Å². The van der Waals surface area contributed by atoms with E-state index in [0.717, 1.165) is 19.3 Å². The molecule has 210 valence electrons. The normalized spacial score (nSPS) is 29.8. The standard InChI is InChI=1S/C28H34ClN3O7/c1-27(6-5-7-27)32(4)11-13-10-16(33)18-14(20(13)29)8-12-9-15-21(31(2)3)23(35)19(26(30)38)25(37)28(15,39)24(36)17(12)22(18)34/h10,12,15,21,33-34,37,39H,5-9,11H2,1-4H3,(H2,30,38)/t12-,15-,21-,28-/m0/s1. The van der Waals surface area contributed by atoms with Crippen LogP contribution in [0.1, 0.15) is 49.3 Å². The number of aliphatic hydroxyl groups is 3. The summed E-state index contributed by atoms with van der Waals surface area (Å²) in [5, 5.41) is 45.3. The Bertz CT molecular complexity index is 1380. The topological polar surface area (TPSA) is 165 Å². The first-order chi connectivity index (χ1) is 18.1. The minimum absolute atomic E-state index is 0.00227. The van der Waals surface area contributed by atoms with Gasteiger partial charge in [-0.1, -0.05) is 11.6 Å². The van der Waals surface area contributed by atoms with Gasteiger partial charge >= 0.3 is 0 Å². The zero-order valence-electron chi connectivity index (χ0n) is 22.4. The minimum atomic E-state index is -2.66. The molecule has 1 amide bonds. The number of ketones is 2. The number of phenols is 1. The van der Waals surface area contributed by atoms with Crippen LogP contribution < -0.4 is 5.73 Å². The number of phenolic OH excluding ortho intramolecular Hbond substituents is 1. The van der Waals surface area contributed by atoms with Crippen molar-refractivity contribution in [1.82, 2.24) is 9.80 Å². The average Bonchev–Trinajstić information content (AvgIpc) is 2.82. The molecule has 2 saturated carbocycles. The van der Waals surface area contributed by atoms with Gasteiger partial charge in [-0.15, -0.1) is 0 Å². The number of hydrogen-bond acceptors (Lipinski definition) is 9. The first kappa shape index (κ1) is 27.6. The number of nitrogens with zero attached hydrogens (tertiary/aromatic N) is 2. The maximum absolute atomic E-state index is 13.9. The van der Waals surface area contributed by atoms with E-state index in [9.17, 15) is 34.8 Å². The molecule has 0 unspecified atom stereocenters. The van der Waals surface area contributed by atoms with Gasteiger partial charge in [0, 0.05) is 28.6 Å². The zero-order chi connectivity index (χ0) is 28.8. The first-order valence-corrected chi connectivity index (χ1v) is 13.4. The molecule has 4 aliphatic rings. The monoisotopic (exact) mass is 559 g/mol. The van der Waals surface area contributed by atoms with Gasteiger partial charge in [0.2, 0.25) is 5.78 Å². The van der Waals surface area contributed by atoms with Gasteiger partial charge < -0.3 is 26.2 Å². The number of rotatable bonds is 5. The fourth-order valence-electron chi connectivity index (χ4n) is 6.98. The fraction of sp³-hybridized carbons (Fsp3) is 0.536. The number of fused-ring (bicyclic) bond motifs is 3. The van der Waals surface area contributed by atoms with E-state index < -0.39 is 58.0 Å². The molecule has 0 aromatic heterocycles. The lowest BCUT2D eigenvalue weighted by Crippen LogP contribution is -2.65. The van der Waals surface area contributed by atoms with Crippen LogP contribution in [0.4, 0.5) is 0 Å². The quantitative estimate of drug-likeness (QED) is 0.339. The predicted octanol–water partition coefficient (Wildman–Crippen LogP) is 1.99. The number of nitrogens with two attached hydrogens (primary N) is 1. The highest BCUT2D eigenvalue weighted by atomic mass is 35.5.